The van der Waals surface area contributed by atoms with Gasteiger partial charge < -0.3 is 0 Å². The summed E-state index contributed by atoms with van der Waals surface area (Å²) in [7, 11) is 0. The Kier molecular flexibility index (Phi) is 4.58. The molecule has 0 aromatic carbocycles. The molecule has 94 valence electrons. The van der Waals surface area contributed by atoms with Crippen molar-refractivity contribution in [1.29, 1.82) is 0 Å². The zero-order chi connectivity index (χ0) is 12.2. The lowest BCUT2D eigenvalue weighted by atomic mass is 9.69. The van der Waals surface area contributed by atoms with Crippen LogP contribution in [0, 0.1) is 10.8 Å². The summed E-state index contributed by atoms with van der Waals surface area (Å²) in [6.45, 7) is 8.54. The first-order chi connectivity index (χ1) is 7.36. The van der Waals surface area contributed by atoms with Crippen molar-refractivity contribution in [3.8, 4) is 0 Å². The number of hydrogen-bond donors (Lipinski definition) is 0. The molecule has 0 spiro atoms. The molecule has 1 aliphatic carbocycles. The zero-order valence-electron chi connectivity index (χ0n) is 11.6. The van der Waals surface area contributed by atoms with Crippen LogP contribution >= 0.6 is 0 Å². The lowest BCUT2D eigenvalue weighted by molar-refractivity contribution is -0.136. The first-order valence-electron chi connectivity index (χ1n) is 6.91. The first-order valence-corrected chi connectivity index (χ1v) is 6.91. The van der Waals surface area contributed by atoms with E-state index >= 15 is 0 Å². The smallest absolute Gasteiger partial charge is 0.144 e. The second-order valence-electron chi connectivity index (χ2n) is 6.72. The molecular weight excluding hydrogens is 196 g/mol. The molecule has 1 fully saturated rings. The van der Waals surface area contributed by atoms with Gasteiger partial charge in [0.2, 0.25) is 0 Å². The number of Topliss-reactive ketones (excluding diaryl/α,β-unsaturated/α-hetero) is 1. The van der Waals surface area contributed by atoms with Crippen LogP contribution in [0.3, 0.4) is 0 Å². The van der Waals surface area contributed by atoms with Crippen LogP contribution in [0.15, 0.2) is 0 Å². The van der Waals surface area contributed by atoms with Gasteiger partial charge in [0.25, 0.3) is 0 Å². The Balaban J connectivity index is 2.75. The highest BCUT2D eigenvalue weighted by Gasteiger charge is 2.38. The van der Waals surface area contributed by atoms with E-state index in [1.165, 1.54) is 38.5 Å². The summed E-state index contributed by atoms with van der Waals surface area (Å²) in [6.07, 6.45) is 9.87. The molecule has 1 heteroatoms. The number of hydrogen-bond acceptors (Lipinski definition) is 1. The van der Waals surface area contributed by atoms with Crippen molar-refractivity contribution >= 4 is 5.78 Å². The minimum Gasteiger partial charge on any atom is -0.299 e. The van der Waals surface area contributed by atoms with Crippen LogP contribution in [0.25, 0.3) is 0 Å². The fourth-order valence-corrected chi connectivity index (χ4v) is 2.98. The van der Waals surface area contributed by atoms with Gasteiger partial charge in [0.15, 0.2) is 0 Å². The molecule has 0 aromatic heterocycles. The Hall–Kier alpha value is -0.330. The van der Waals surface area contributed by atoms with Crippen molar-refractivity contribution in [3.63, 3.8) is 0 Å². The van der Waals surface area contributed by atoms with Gasteiger partial charge in [0.1, 0.15) is 5.78 Å². The highest BCUT2D eigenvalue weighted by atomic mass is 16.1. The molecule has 1 rings (SSSR count). The number of carbonyl (C=O) groups is 1. The molecule has 0 bridgehead atoms. The van der Waals surface area contributed by atoms with Gasteiger partial charge in [-0.05, 0) is 12.8 Å². The van der Waals surface area contributed by atoms with Gasteiger partial charge in [-0.3, -0.25) is 4.79 Å². The van der Waals surface area contributed by atoms with Crippen molar-refractivity contribution in [2.45, 2.75) is 79.1 Å². The standard InChI is InChI=1S/C15H28O/c1-14(2)11-9-7-5-6-8-10-12-15(3,4)13(14)16/h5-12H2,1-4H3. The third-order valence-corrected chi connectivity index (χ3v) is 4.08. The van der Waals surface area contributed by atoms with Gasteiger partial charge in [-0.15, -0.1) is 0 Å². The second kappa shape index (κ2) is 5.33. The minimum atomic E-state index is -0.117. The zero-order valence-corrected chi connectivity index (χ0v) is 11.6. The van der Waals surface area contributed by atoms with E-state index in [2.05, 4.69) is 27.7 Å². The summed E-state index contributed by atoms with van der Waals surface area (Å²) in [5.41, 5.74) is -0.234. The largest absolute Gasteiger partial charge is 0.299 e. The Labute approximate surface area is 101 Å². The van der Waals surface area contributed by atoms with Crippen LogP contribution < -0.4 is 0 Å². The predicted octanol–water partition coefficient (Wildman–Crippen LogP) is 4.74. The topological polar surface area (TPSA) is 17.1 Å². The van der Waals surface area contributed by atoms with Gasteiger partial charge in [-0.1, -0.05) is 66.2 Å². The molecule has 0 heterocycles. The van der Waals surface area contributed by atoms with Crippen molar-refractivity contribution in [3.05, 3.63) is 0 Å². The summed E-state index contributed by atoms with van der Waals surface area (Å²) in [6, 6.07) is 0. The average molecular weight is 224 g/mol. The molecule has 0 radical (unpaired) electrons. The van der Waals surface area contributed by atoms with E-state index in [0.717, 1.165) is 12.8 Å². The molecule has 0 amide bonds. The molecule has 1 saturated carbocycles. The maximum absolute atomic E-state index is 12.5. The Morgan fingerprint density at radius 2 is 1.00 bits per heavy atom. The van der Waals surface area contributed by atoms with E-state index in [0.29, 0.717) is 5.78 Å². The van der Waals surface area contributed by atoms with E-state index < -0.39 is 0 Å². The molecule has 16 heavy (non-hydrogen) atoms. The van der Waals surface area contributed by atoms with Gasteiger partial charge in [-0.25, -0.2) is 0 Å². The summed E-state index contributed by atoms with van der Waals surface area (Å²) in [5, 5.41) is 0. The van der Waals surface area contributed by atoms with E-state index in [-0.39, 0.29) is 10.8 Å². The SMILES string of the molecule is CC1(C)CCCCCCCCC(C)(C)C1=O. The molecule has 1 nitrogen and oxygen atoms in total. The number of rotatable bonds is 0. The third kappa shape index (κ3) is 3.61. The highest BCUT2D eigenvalue weighted by molar-refractivity contribution is 5.89. The normalized spacial score (nSPS) is 27.1. The minimum absolute atomic E-state index is 0.117. The van der Waals surface area contributed by atoms with Gasteiger partial charge in [0, 0.05) is 10.8 Å². The summed E-state index contributed by atoms with van der Waals surface area (Å²) < 4.78 is 0. The Morgan fingerprint density at radius 1 is 0.688 bits per heavy atom. The highest BCUT2D eigenvalue weighted by Crippen LogP contribution is 2.37. The van der Waals surface area contributed by atoms with Crippen LogP contribution in [-0.2, 0) is 4.79 Å². The summed E-state index contributed by atoms with van der Waals surface area (Å²) in [4.78, 5) is 12.5. The monoisotopic (exact) mass is 224 g/mol. The predicted molar refractivity (Wildman–Crippen MR) is 69.5 cm³/mol. The van der Waals surface area contributed by atoms with Crippen LogP contribution in [-0.4, -0.2) is 5.78 Å². The van der Waals surface area contributed by atoms with Crippen molar-refractivity contribution in [1.82, 2.24) is 0 Å². The van der Waals surface area contributed by atoms with Crippen molar-refractivity contribution in [2.75, 3.05) is 0 Å². The van der Waals surface area contributed by atoms with Crippen LogP contribution in [0.5, 0.6) is 0 Å². The maximum Gasteiger partial charge on any atom is 0.144 e. The van der Waals surface area contributed by atoms with E-state index in [1.54, 1.807) is 0 Å². The Morgan fingerprint density at radius 3 is 1.38 bits per heavy atom. The number of ketones is 1. The quantitative estimate of drug-likeness (QED) is 0.580. The first kappa shape index (κ1) is 13.7. The molecular formula is C15H28O. The molecule has 0 atom stereocenters. The Bertz CT molecular complexity index is 214. The lowest BCUT2D eigenvalue weighted by Crippen LogP contribution is -2.36. The van der Waals surface area contributed by atoms with Crippen LogP contribution in [0.4, 0.5) is 0 Å². The number of carbonyl (C=O) groups excluding carboxylic acids is 1. The average Bonchev–Trinajstić information content (AvgIpc) is 2.21. The molecule has 0 aliphatic heterocycles. The molecule has 1 aliphatic rings. The molecule has 0 saturated heterocycles. The van der Waals surface area contributed by atoms with E-state index in [9.17, 15) is 4.79 Å². The van der Waals surface area contributed by atoms with Crippen molar-refractivity contribution < 1.29 is 4.79 Å². The summed E-state index contributed by atoms with van der Waals surface area (Å²) in [5.74, 6) is 0.474. The van der Waals surface area contributed by atoms with E-state index in [1.807, 2.05) is 0 Å². The lowest BCUT2D eigenvalue weighted by Gasteiger charge is -2.33. The van der Waals surface area contributed by atoms with Gasteiger partial charge >= 0.3 is 0 Å². The molecule has 0 N–H and O–H groups in total. The second-order valence-corrected chi connectivity index (χ2v) is 6.72. The summed E-state index contributed by atoms with van der Waals surface area (Å²) >= 11 is 0. The molecule has 0 aromatic rings. The van der Waals surface area contributed by atoms with Crippen molar-refractivity contribution in [2.24, 2.45) is 10.8 Å². The van der Waals surface area contributed by atoms with Gasteiger partial charge in [-0.2, -0.15) is 0 Å². The van der Waals surface area contributed by atoms with E-state index in [4.69, 9.17) is 0 Å². The fourth-order valence-electron chi connectivity index (χ4n) is 2.98. The van der Waals surface area contributed by atoms with Crippen LogP contribution in [0.2, 0.25) is 0 Å². The maximum atomic E-state index is 12.5. The molecule has 0 unspecified atom stereocenters. The van der Waals surface area contributed by atoms with Crippen LogP contribution in [0.1, 0.15) is 79.1 Å². The third-order valence-electron chi connectivity index (χ3n) is 4.08. The fraction of sp³-hybridized carbons (Fsp3) is 0.933. The van der Waals surface area contributed by atoms with Gasteiger partial charge in [0.05, 0.1) is 0 Å².